The van der Waals surface area contributed by atoms with Gasteiger partial charge < -0.3 is 0 Å². The van der Waals surface area contributed by atoms with Crippen LogP contribution in [-0.4, -0.2) is 0 Å². The van der Waals surface area contributed by atoms with Gasteiger partial charge in [0, 0.05) is 9.35 Å². The predicted molar refractivity (Wildman–Crippen MR) is 65.1 cm³/mol. The standard InChI is InChI=1S/C9H11BrCl2S/c1-9(2,3)7(11)6-4-5(10)8(12)13-6/h4,7H,1-3H3. The largest absolute Gasteiger partial charge is 0.126 e. The molecule has 0 aromatic carbocycles. The number of alkyl halides is 1. The van der Waals surface area contributed by atoms with Gasteiger partial charge in [0.05, 0.1) is 5.38 Å². The lowest BCUT2D eigenvalue weighted by Crippen LogP contribution is -2.11. The molecule has 74 valence electrons. The Morgan fingerprint density at radius 2 is 2.00 bits per heavy atom. The summed E-state index contributed by atoms with van der Waals surface area (Å²) in [5.41, 5.74) is 0.0647. The highest BCUT2D eigenvalue weighted by Crippen LogP contribution is 2.44. The highest BCUT2D eigenvalue weighted by Gasteiger charge is 2.26. The Kier molecular flexibility index (Phi) is 3.73. The van der Waals surface area contributed by atoms with Crippen molar-refractivity contribution in [3.63, 3.8) is 0 Å². The predicted octanol–water partition coefficient (Wildman–Crippen LogP) is 5.49. The highest BCUT2D eigenvalue weighted by molar-refractivity contribution is 9.10. The molecule has 0 radical (unpaired) electrons. The first-order valence-corrected chi connectivity index (χ1v) is 6.33. The van der Waals surface area contributed by atoms with Crippen molar-refractivity contribution in [2.75, 3.05) is 0 Å². The van der Waals surface area contributed by atoms with Crippen molar-refractivity contribution < 1.29 is 0 Å². The van der Waals surface area contributed by atoms with Gasteiger partial charge in [0.2, 0.25) is 0 Å². The molecule has 1 aromatic heterocycles. The summed E-state index contributed by atoms with van der Waals surface area (Å²) in [5, 5.41) is 0.0151. The van der Waals surface area contributed by atoms with E-state index in [9.17, 15) is 0 Å². The zero-order valence-electron chi connectivity index (χ0n) is 7.70. The fraction of sp³-hybridized carbons (Fsp3) is 0.556. The molecule has 0 saturated carbocycles. The van der Waals surface area contributed by atoms with Gasteiger partial charge in [0.1, 0.15) is 4.34 Å². The lowest BCUT2D eigenvalue weighted by atomic mass is 9.91. The summed E-state index contributed by atoms with van der Waals surface area (Å²) in [6, 6.07) is 2.00. The molecule has 13 heavy (non-hydrogen) atoms. The molecule has 0 nitrogen and oxygen atoms in total. The van der Waals surface area contributed by atoms with E-state index in [1.807, 2.05) is 6.07 Å². The van der Waals surface area contributed by atoms with E-state index < -0.39 is 0 Å². The molecule has 1 unspecified atom stereocenters. The Balaban J connectivity index is 2.96. The molecule has 0 aliphatic carbocycles. The third-order valence-electron chi connectivity index (χ3n) is 1.67. The fourth-order valence-corrected chi connectivity index (χ4v) is 3.07. The van der Waals surface area contributed by atoms with Crippen molar-refractivity contribution in [3.8, 4) is 0 Å². The summed E-state index contributed by atoms with van der Waals surface area (Å²) in [5.74, 6) is 0. The van der Waals surface area contributed by atoms with Crippen molar-refractivity contribution in [2.45, 2.75) is 26.1 Å². The third-order valence-corrected chi connectivity index (χ3v) is 5.23. The number of rotatable bonds is 1. The first kappa shape index (κ1) is 11.8. The van der Waals surface area contributed by atoms with Crippen LogP contribution >= 0.6 is 50.5 Å². The van der Waals surface area contributed by atoms with Crippen LogP contribution in [0, 0.1) is 5.41 Å². The van der Waals surface area contributed by atoms with E-state index in [1.54, 1.807) is 0 Å². The van der Waals surface area contributed by atoms with Gasteiger partial charge in [-0.3, -0.25) is 0 Å². The van der Waals surface area contributed by atoms with Gasteiger partial charge in [-0.1, -0.05) is 32.4 Å². The molecule has 4 heteroatoms. The number of hydrogen-bond acceptors (Lipinski definition) is 1. The Bertz CT molecular complexity index is 282. The second-order valence-electron chi connectivity index (χ2n) is 4.00. The van der Waals surface area contributed by atoms with E-state index in [-0.39, 0.29) is 10.8 Å². The van der Waals surface area contributed by atoms with Crippen LogP contribution < -0.4 is 0 Å². The summed E-state index contributed by atoms with van der Waals surface area (Å²) in [6.45, 7) is 6.35. The Hall–Kier alpha value is 0.760. The molecule has 1 aromatic rings. The van der Waals surface area contributed by atoms with E-state index >= 15 is 0 Å². The van der Waals surface area contributed by atoms with Crippen LogP contribution in [0.15, 0.2) is 10.5 Å². The van der Waals surface area contributed by atoms with Gasteiger partial charge in [0.25, 0.3) is 0 Å². The normalized spacial score (nSPS) is 14.6. The van der Waals surface area contributed by atoms with E-state index in [1.165, 1.54) is 11.3 Å². The molecule has 0 spiro atoms. The number of hydrogen-bond donors (Lipinski definition) is 0. The van der Waals surface area contributed by atoms with Gasteiger partial charge in [-0.15, -0.1) is 22.9 Å². The molecule has 0 N–H and O–H groups in total. The van der Waals surface area contributed by atoms with Crippen LogP contribution in [0.2, 0.25) is 4.34 Å². The van der Waals surface area contributed by atoms with E-state index in [0.29, 0.717) is 0 Å². The van der Waals surface area contributed by atoms with Crippen LogP contribution in [0.4, 0.5) is 0 Å². The SMILES string of the molecule is CC(C)(C)C(Cl)c1cc(Br)c(Cl)s1. The monoisotopic (exact) mass is 300 g/mol. The van der Waals surface area contributed by atoms with Crippen LogP contribution in [0.5, 0.6) is 0 Å². The molecule has 0 aliphatic rings. The summed E-state index contributed by atoms with van der Waals surface area (Å²) in [6.07, 6.45) is 0. The van der Waals surface area contributed by atoms with Crippen LogP contribution in [0.3, 0.4) is 0 Å². The van der Waals surface area contributed by atoms with Crippen molar-refractivity contribution in [2.24, 2.45) is 5.41 Å². The van der Waals surface area contributed by atoms with Crippen molar-refractivity contribution >= 4 is 50.5 Å². The maximum atomic E-state index is 6.30. The lowest BCUT2D eigenvalue weighted by molar-refractivity contribution is 0.399. The van der Waals surface area contributed by atoms with Gasteiger partial charge in [0.15, 0.2) is 0 Å². The summed E-state index contributed by atoms with van der Waals surface area (Å²) in [4.78, 5) is 1.12. The smallest absolute Gasteiger partial charge is 0.107 e. The Morgan fingerprint density at radius 3 is 2.31 bits per heavy atom. The quantitative estimate of drug-likeness (QED) is 0.602. The van der Waals surface area contributed by atoms with Crippen molar-refractivity contribution in [3.05, 3.63) is 19.8 Å². The molecular weight excluding hydrogens is 291 g/mol. The van der Waals surface area contributed by atoms with Gasteiger partial charge in [-0.25, -0.2) is 0 Å². The third kappa shape index (κ3) is 2.85. The first-order chi connectivity index (χ1) is 5.82. The summed E-state index contributed by atoms with van der Waals surface area (Å²) in [7, 11) is 0. The maximum Gasteiger partial charge on any atom is 0.107 e. The molecule has 0 saturated heterocycles. The van der Waals surface area contributed by atoms with Crippen molar-refractivity contribution in [1.29, 1.82) is 0 Å². The van der Waals surface area contributed by atoms with E-state index in [4.69, 9.17) is 23.2 Å². The average molecular weight is 302 g/mol. The summed E-state index contributed by atoms with van der Waals surface area (Å²) < 4.78 is 1.70. The van der Waals surface area contributed by atoms with Crippen molar-refractivity contribution in [1.82, 2.24) is 0 Å². The van der Waals surface area contributed by atoms with E-state index in [2.05, 4.69) is 36.7 Å². The average Bonchev–Trinajstić information content (AvgIpc) is 2.29. The maximum absolute atomic E-state index is 6.30. The molecule has 0 fully saturated rings. The molecule has 0 amide bonds. The molecule has 1 atom stereocenters. The topological polar surface area (TPSA) is 0 Å². The molecular formula is C9H11BrCl2S. The Labute approximate surface area is 101 Å². The number of halogens is 3. The van der Waals surface area contributed by atoms with Gasteiger partial charge in [-0.2, -0.15) is 0 Å². The minimum atomic E-state index is 0.0151. The molecule has 0 bridgehead atoms. The van der Waals surface area contributed by atoms with Crippen LogP contribution in [-0.2, 0) is 0 Å². The second-order valence-corrected chi connectivity index (χ2v) is 6.98. The molecule has 1 heterocycles. The molecule has 1 rings (SSSR count). The van der Waals surface area contributed by atoms with Crippen LogP contribution in [0.25, 0.3) is 0 Å². The second kappa shape index (κ2) is 4.09. The minimum absolute atomic E-state index is 0.0151. The zero-order chi connectivity index (χ0) is 10.2. The lowest BCUT2D eigenvalue weighted by Gasteiger charge is -2.23. The first-order valence-electron chi connectivity index (χ1n) is 3.91. The minimum Gasteiger partial charge on any atom is -0.126 e. The summed E-state index contributed by atoms with van der Waals surface area (Å²) >= 11 is 17.1. The van der Waals surface area contributed by atoms with Crippen LogP contribution in [0.1, 0.15) is 31.0 Å². The zero-order valence-corrected chi connectivity index (χ0v) is 11.6. The Morgan fingerprint density at radius 1 is 1.46 bits per heavy atom. The van der Waals surface area contributed by atoms with E-state index in [0.717, 1.165) is 13.7 Å². The molecule has 0 aliphatic heterocycles. The van der Waals surface area contributed by atoms with Gasteiger partial charge in [-0.05, 0) is 27.4 Å². The fourth-order valence-electron chi connectivity index (χ4n) is 0.915. The number of thiophene rings is 1. The van der Waals surface area contributed by atoms with Gasteiger partial charge >= 0.3 is 0 Å². The highest BCUT2D eigenvalue weighted by atomic mass is 79.9.